The van der Waals surface area contributed by atoms with Crippen molar-refractivity contribution in [3.05, 3.63) is 35.4 Å². The monoisotopic (exact) mass is 238 g/mol. The van der Waals surface area contributed by atoms with Crippen LogP contribution in [-0.2, 0) is 5.75 Å². The lowest BCUT2D eigenvalue weighted by Gasteiger charge is -2.06. The molecule has 0 heterocycles. The number of amides is 1. The highest BCUT2D eigenvalue weighted by atomic mass is 32.2. The van der Waals surface area contributed by atoms with Gasteiger partial charge in [-0.1, -0.05) is 26.0 Å². The first-order valence-electron chi connectivity index (χ1n) is 5.31. The average Bonchev–Trinajstić information content (AvgIpc) is 2.28. The van der Waals surface area contributed by atoms with Crippen LogP contribution in [0, 0.1) is 5.92 Å². The molecule has 0 aromatic heterocycles. The predicted molar refractivity (Wildman–Crippen MR) is 69.1 cm³/mol. The number of nitrogen functional groups attached to an aromatic ring is 1. The summed E-state index contributed by atoms with van der Waals surface area (Å²) in [7, 11) is 0. The van der Waals surface area contributed by atoms with Crippen LogP contribution in [0.15, 0.2) is 24.3 Å². The first-order chi connectivity index (χ1) is 7.63. The van der Waals surface area contributed by atoms with Gasteiger partial charge in [0.2, 0.25) is 0 Å². The van der Waals surface area contributed by atoms with Gasteiger partial charge in [-0.3, -0.25) is 10.2 Å². The highest BCUT2D eigenvalue weighted by Crippen LogP contribution is 2.16. The molecule has 0 spiro atoms. The third kappa shape index (κ3) is 4.24. The Morgan fingerprint density at radius 2 is 2.25 bits per heavy atom. The number of carbonyl (C=O) groups excluding carboxylic acids is 1. The van der Waals surface area contributed by atoms with E-state index in [0.717, 1.165) is 17.1 Å². The van der Waals surface area contributed by atoms with Gasteiger partial charge < -0.3 is 0 Å². The van der Waals surface area contributed by atoms with Crippen molar-refractivity contribution in [1.29, 1.82) is 0 Å². The molecule has 1 amide bonds. The summed E-state index contributed by atoms with van der Waals surface area (Å²) < 4.78 is 0. The van der Waals surface area contributed by atoms with Crippen LogP contribution in [-0.4, -0.2) is 11.7 Å². The summed E-state index contributed by atoms with van der Waals surface area (Å²) in [6.45, 7) is 4.40. The Bertz CT molecular complexity index is 353. The summed E-state index contributed by atoms with van der Waals surface area (Å²) in [5.74, 6) is 7.61. The Morgan fingerprint density at radius 3 is 2.88 bits per heavy atom. The smallest absolute Gasteiger partial charge is 0.265 e. The molecule has 0 saturated carbocycles. The maximum atomic E-state index is 11.3. The minimum absolute atomic E-state index is 0.240. The number of nitrogens with one attached hydrogen (secondary N) is 1. The van der Waals surface area contributed by atoms with Gasteiger partial charge in [-0.25, -0.2) is 5.84 Å². The SMILES string of the molecule is CC(C)CSCc1cccc(C(=O)NN)c1. The molecule has 4 heteroatoms. The first-order valence-corrected chi connectivity index (χ1v) is 6.46. The van der Waals surface area contributed by atoms with E-state index in [4.69, 9.17) is 5.84 Å². The number of benzene rings is 1. The van der Waals surface area contributed by atoms with Crippen molar-refractivity contribution in [1.82, 2.24) is 5.43 Å². The summed E-state index contributed by atoms with van der Waals surface area (Å²) >= 11 is 1.88. The van der Waals surface area contributed by atoms with Crippen LogP contribution in [0.2, 0.25) is 0 Å². The van der Waals surface area contributed by atoms with Crippen molar-refractivity contribution in [2.24, 2.45) is 11.8 Å². The van der Waals surface area contributed by atoms with Crippen molar-refractivity contribution in [2.75, 3.05) is 5.75 Å². The molecule has 0 saturated heterocycles. The number of nitrogens with two attached hydrogens (primary N) is 1. The van der Waals surface area contributed by atoms with Gasteiger partial charge in [0.1, 0.15) is 0 Å². The van der Waals surface area contributed by atoms with Crippen LogP contribution in [0.4, 0.5) is 0 Å². The van der Waals surface area contributed by atoms with Gasteiger partial charge in [-0.2, -0.15) is 11.8 Å². The lowest BCUT2D eigenvalue weighted by atomic mass is 10.1. The van der Waals surface area contributed by atoms with E-state index in [1.54, 1.807) is 6.07 Å². The van der Waals surface area contributed by atoms with Crippen LogP contribution in [0.3, 0.4) is 0 Å². The average molecular weight is 238 g/mol. The number of hydrogen-bond acceptors (Lipinski definition) is 3. The minimum Gasteiger partial charge on any atom is -0.290 e. The van der Waals surface area contributed by atoms with Crippen LogP contribution in [0.5, 0.6) is 0 Å². The minimum atomic E-state index is -0.240. The fourth-order valence-corrected chi connectivity index (χ4v) is 2.30. The Labute approximate surface area is 101 Å². The van der Waals surface area contributed by atoms with Gasteiger partial charge in [0.15, 0.2) is 0 Å². The van der Waals surface area contributed by atoms with Crippen LogP contribution in [0.1, 0.15) is 29.8 Å². The molecule has 0 unspecified atom stereocenters. The lowest BCUT2D eigenvalue weighted by Crippen LogP contribution is -2.29. The third-order valence-corrected chi connectivity index (χ3v) is 3.48. The molecule has 16 heavy (non-hydrogen) atoms. The number of hydrazine groups is 1. The zero-order valence-corrected chi connectivity index (χ0v) is 10.5. The van der Waals surface area contributed by atoms with Crippen molar-refractivity contribution in [3.63, 3.8) is 0 Å². The second-order valence-corrected chi connectivity index (χ2v) is 5.11. The molecule has 3 nitrogen and oxygen atoms in total. The van der Waals surface area contributed by atoms with Gasteiger partial charge >= 0.3 is 0 Å². The zero-order chi connectivity index (χ0) is 12.0. The van der Waals surface area contributed by atoms with Crippen LogP contribution < -0.4 is 11.3 Å². The summed E-state index contributed by atoms with van der Waals surface area (Å²) in [5, 5.41) is 0. The van der Waals surface area contributed by atoms with Crippen molar-refractivity contribution in [3.8, 4) is 0 Å². The molecular weight excluding hydrogens is 220 g/mol. The largest absolute Gasteiger partial charge is 0.290 e. The Hall–Kier alpha value is -1.00. The maximum Gasteiger partial charge on any atom is 0.265 e. The molecule has 0 fully saturated rings. The summed E-state index contributed by atoms with van der Waals surface area (Å²) in [6, 6.07) is 7.56. The normalized spacial score (nSPS) is 10.5. The summed E-state index contributed by atoms with van der Waals surface area (Å²) in [6.07, 6.45) is 0. The molecular formula is C12H18N2OS. The first kappa shape index (κ1) is 13.1. The number of carbonyl (C=O) groups is 1. The van der Waals surface area contributed by atoms with Gasteiger partial charge in [0.05, 0.1) is 0 Å². The molecule has 0 aliphatic heterocycles. The van der Waals surface area contributed by atoms with E-state index >= 15 is 0 Å². The van der Waals surface area contributed by atoms with Crippen molar-refractivity contribution in [2.45, 2.75) is 19.6 Å². The van der Waals surface area contributed by atoms with E-state index < -0.39 is 0 Å². The molecule has 88 valence electrons. The second kappa shape index (κ2) is 6.55. The van der Waals surface area contributed by atoms with Gasteiger partial charge in [0.25, 0.3) is 5.91 Å². The summed E-state index contributed by atoms with van der Waals surface area (Å²) in [5.41, 5.74) is 3.91. The van der Waals surface area contributed by atoms with Gasteiger partial charge in [0, 0.05) is 11.3 Å². The topological polar surface area (TPSA) is 55.1 Å². The standard InChI is InChI=1S/C12H18N2OS/c1-9(2)7-16-8-10-4-3-5-11(6-10)12(15)14-13/h3-6,9H,7-8,13H2,1-2H3,(H,14,15). The molecule has 0 bridgehead atoms. The highest BCUT2D eigenvalue weighted by molar-refractivity contribution is 7.98. The third-order valence-electron chi connectivity index (χ3n) is 2.04. The highest BCUT2D eigenvalue weighted by Gasteiger charge is 2.04. The number of thioether (sulfide) groups is 1. The van der Waals surface area contributed by atoms with Crippen molar-refractivity contribution >= 4 is 17.7 Å². The molecule has 0 aliphatic rings. The number of hydrogen-bond donors (Lipinski definition) is 2. The van der Waals surface area contributed by atoms with E-state index in [1.165, 1.54) is 0 Å². The molecule has 1 rings (SSSR count). The van der Waals surface area contributed by atoms with Gasteiger partial charge in [-0.15, -0.1) is 0 Å². The van der Waals surface area contributed by atoms with E-state index in [9.17, 15) is 4.79 Å². The second-order valence-electron chi connectivity index (χ2n) is 4.08. The molecule has 0 radical (unpaired) electrons. The quantitative estimate of drug-likeness (QED) is 0.469. The molecule has 0 aliphatic carbocycles. The molecule has 1 aromatic rings. The Morgan fingerprint density at radius 1 is 1.50 bits per heavy atom. The van der Waals surface area contributed by atoms with E-state index in [-0.39, 0.29) is 5.91 Å². The molecule has 0 atom stereocenters. The Kier molecular flexibility index (Phi) is 5.35. The predicted octanol–water partition coefficient (Wildman–Crippen LogP) is 2.18. The maximum absolute atomic E-state index is 11.3. The number of rotatable bonds is 5. The van der Waals surface area contributed by atoms with E-state index in [1.807, 2.05) is 30.0 Å². The van der Waals surface area contributed by atoms with Crippen LogP contribution in [0.25, 0.3) is 0 Å². The molecule has 1 aromatic carbocycles. The van der Waals surface area contributed by atoms with Gasteiger partial charge in [-0.05, 0) is 29.4 Å². The zero-order valence-electron chi connectivity index (χ0n) is 9.69. The summed E-state index contributed by atoms with van der Waals surface area (Å²) in [4.78, 5) is 11.3. The van der Waals surface area contributed by atoms with E-state index in [2.05, 4.69) is 19.3 Å². The fourth-order valence-electron chi connectivity index (χ4n) is 1.30. The van der Waals surface area contributed by atoms with Crippen molar-refractivity contribution < 1.29 is 4.79 Å². The van der Waals surface area contributed by atoms with E-state index in [0.29, 0.717) is 11.5 Å². The molecule has 3 N–H and O–H groups in total. The lowest BCUT2D eigenvalue weighted by molar-refractivity contribution is 0.0953. The Balaban J connectivity index is 2.57. The van der Waals surface area contributed by atoms with Crippen LogP contribution >= 0.6 is 11.8 Å². The fraction of sp³-hybridized carbons (Fsp3) is 0.417.